The molecule has 2 atom stereocenters. The predicted molar refractivity (Wildman–Crippen MR) is 54.6 cm³/mol. The molecule has 4 nitrogen and oxygen atoms in total. The highest BCUT2D eigenvalue weighted by Crippen LogP contribution is 2.29. The highest BCUT2D eigenvalue weighted by atomic mass is 19.4. The molecule has 1 aromatic heterocycles. The number of piperidine rings is 1. The SMILES string of the molecule is FC(F)(F)c1cnc(N2CC3CC(C2)N3)nc1. The van der Waals surface area contributed by atoms with Crippen LogP contribution in [0.25, 0.3) is 0 Å². The first-order valence-electron chi connectivity index (χ1n) is 5.42. The third-order valence-electron chi connectivity index (χ3n) is 3.17. The quantitative estimate of drug-likeness (QED) is 0.801. The van der Waals surface area contributed by atoms with Crippen molar-refractivity contribution >= 4 is 5.95 Å². The van der Waals surface area contributed by atoms with E-state index in [0.29, 0.717) is 18.0 Å². The van der Waals surface area contributed by atoms with E-state index in [1.165, 1.54) is 0 Å². The molecule has 0 radical (unpaired) electrons. The summed E-state index contributed by atoms with van der Waals surface area (Å²) in [4.78, 5) is 9.51. The number of rotatable bonds is 1. The number of fused-ring (bicyclic) bond motifs is 2. The number of halogens is 3. The smallest absolute Gasteiger partial charge is 0.338 e. The fourth-order valence-electron chi connectivity index (χ4n) is 2.31. The van der Waals surface area contributed by atoms with Crippen molar-refractivity contribution in [1.29, 1.82) is 0 Å². The fourth-order valence-corrected chi connectivity index (χ4v) is 2.31. The van der Waals surface area contributed by atoms with Crippen LogP contribution in [0.4, 0.5) is 19.1 Å². The summed E-state index contributed by atoms with van der Waals surface area (Å²) in [6.07, 6.45) is -1.55. The second kappa shape index (κ2) is 3.56. The minimum absolute atomic E-state index is 0.384. The van der Waals surface area contributed by atoms with E-state index in [1.807, 2.05) is 4.90 Å². The average molecular weight is 244 g/mol. The van der Waals surface area contributed by atoms with Crippen molar-refractivity contribution in [3.63, 3.8) is 0 Å². The lowest BCUT2D eigenvalue weighted by Crippen LogP contribution is -2.67. The van der Waals surface area contributed by atoms with Crippen LogP contribution in [0.3, 0.4) is 0 Å². The Morgan fingerprint density at radius 3 is 2.18 bits per heavy atom. The van der Waals surface area contributed by atoms with E-state index < -0.39 is 11.7 Å². The molecule has 0 aliphatic carbocycles. The first-order chi connectivity index (χ1) is 8.02. The molecular formula is C10H11F3N4. The van der Waals surface area contributed by atoms with Crippen LogP contribution in [0.15, 0.2) is 12.4 Å². The average Bonchev–Trinajstić information content (AvgIpc) is 2.27. The van der Waals surface area contributed by atoms with Crippen LogP contribution in [0.1, 0.15) is 12.0 Å². The zero-order valence-electron chi connectivity index (χ0n) is 8.91. The van der Waals surface area contributed by atoms with Crippen LogP contribution in [0.2, 0.25) is 0 Å². The first-order valence-corrected chi connectivity index (χ1v) is 5.42. The topological polar surface area (TPSA) is 41.1 Å². The van der Waals surface area contributed by atoms with Gasteiger partial charge in [-0.15, -0.1) is 0 Å². The lowest BCUT2D eigenvalue weighted by molar-refractivity contribution is -0.138. The van der Waals surface area contributed by atoms with Crippen LogP contribution in [-0.4, -0.2) is 35.1 Å². The van der Waals surface area contributed by atoms with Crippen LogP contribution in [-0.2, 0) is 6.18 Å². The van der Waals surface area contributed by atoms with Gasteiger partial charge in [0.2, 0.25) is 5.95 Å². The third-order valence-corrected chi connectivity index (χ3v) is 3.17. The van der Waals surface area contributed by atoms with E-state index >= 15 is 0 Å². The summed E-state index contributed by atoms with van der Waals surface area (Å²) in [5.74, 6) is 0.384. The summed E-state index contributed by atoms with van der Waals surface area (Å²) in [6, 6.07) is 0.860. The van der Waals surface area contributed by atoms with Gasteiger partial charge in [0.15, 0.2) is 0 Å². The number of hydrogen-bond donors (Lipinski definition) is 1. The van der Waals surface area contributed by atoms with E-state index in [0.717, 1.165) is 31.9 Å². The van der Waals surface area contributed by atoms with Crippen LogP contribution in [0, 0.1) is 0 Å². The molecule has 2 bridgehead atoms. The fraction of sp³-hybridized carbons (Fsp3) is 0.600. The molecule has 3 saturated heterocycles. The van der Waals surface area contributed by atoms with Crippen LogP contribution >= 0.6 is 0 Å². The Balaban J connectivity index is 1.76. The van der Waals surface area contributed by atoms with E-state index in [2.05, 4.69) is 15.3 Å². The third kappa shape index (κ3) is 1.95. The van der Waals surface area contributed by atoms with Crippen molar-refractivity contribution < 1.29 is 13.2 Å². The van der Waals surface area contributed by atoms with Gasteiger partial charge in [0.1, 0.15) is 0 Å². The molecule has 0 amide bonds. The van der Waals surface area contributed by atoms with Gasteiger partial charge in [0.05, 0.1) is 5.56 Å². The van der Waals surface area contributed by atoms with Crippen molar-refractivity contribution in [2.24, 2.45) is 0 Å². The Morgan fingerprint density at radius 2 is 1.71 bits per heavy atom. The van der Waals surface area contributed by atoms with Gasteiger partial charge in [-0.1, -0.05) is 0 Å². The van der Waals surface area contributed by atoms with Crippen molar-refractivity contribution in [2.45, 2.75) is 24.7 Å². The number of hydrogen-bond acceptors (Lipinski definition) is 4. The number of nitrogens with zero attached hydrogens (tertiary/aromatic N) is 3. The number of piperazine rings is 1. The largest absolute Gasteiger partial charge is 0.419 e. The minimum atomic E-state index is -4.37. The summed E-state index contributed by atoms with van der Waals surface area (Å²) < 4.78 is 37.0. The van der Waals surface area contributed by atoms with Crippen molar-refractivity contribution in [2.75, 3.05) is 18.0 Å². The molecule has 0 saturated carbocycles. The van der Waals surface area contributed by atoms with Gasteiger partial charge < -0.3 is 10.2 Å². The summed E-state index contributed by atoms with van der Waals surface area (Å²) in [7, 11) is 0. The van der Waals surface area contributed by atoms with E-state index in [9.17, 15) is 13.2 Å². The monoisotopic (exact) mass is 244 g/mol. The Kier molecular flexibility index (Phi) is 2.25. The number of nitrogens with one attached hydrogen (secondary N) is 1. The normalized spacial score (nSPS) is 27.8. The van der Waals surface area contributed by atoms with Gasteiger partial charge in [0.25, 0.3) is 0 Å². The molecule has 17 heavy (non-hydrogen) atoms. The molecule has 92 valence electrons. The molecule has 4 rings (SSSR count). The van der Waals surface area contributed by atoms with Gasteiger partial charge in [-0.3, -0.25) is 0 Å². The molecule has 1 N–H and O–H groups in total. The summed E-state index contributed by atoms with van der Waals surface area (Å²) in [5, 5.41) is 3.34. The summed E-state index contributed by atoms with van der Waals surface area (Å²) in [6.45, 7) is 1.53. The maximum Gasteiger partial charge on any atom is 0.419 e. The van der Waals surface area contributed by atoms with Crippen molar-refractivity contribution in [1.82, 2.24) is 15.3 Å². The van der Waals surface area contributed by atoms with Gasteiger partial charge in [-0.25, -0.2) is 9.97 Å². The van der Waals surface area contributed by atoms with E-state index in [1.54, 1.807) is 0 Å². The van der Waals surface area contributed by atoms with Gasteiger partial charge in [0, 0.05) is 37.6 Å². The molecule has 0 aromatic carbocycles. The molecule has 4 heterocycles. The minimum Gasteiger partial charge on any atom is -0.338 e. The van der Waals surface area contributed by atoms with Crippen molar-refractivity contribution in [3.05, 3.63) is 18.0 Å². The maximum absolute atomic E-state index is 12.3. The van der Waals surface area contributed by atoms with Crippen LogP contribution < -0.4 is 10.2 Å². The highest BCUT2D eigenvalue weighted by molar-refractivity contribution is 5.34. The predicted octanol–water partition coefficient (Wildman–Crippen LogP) is 1.05. The molecule has 3 aliphatic heterocycles. The Morgan fingerprint density at radius 1 is 1.18 bits per heavy atom. The maximum atomic E-state index is 12.3. The van der Waals surface area contributed by atoms with Crippen molar-refractivity contribution in [3.8, 4) is 0 Å². The molecule has 0 spiro atoms. The highest BCUT2D eigenvalue weighted by Gasteiger charge is 2.37. The Labute approximate surface area is 95.9 Å². The lowest BCUT2D eigenvalue weighted by atomic mass is 9.92. The molecule has 1 aromatic rings. The van der Waals surface area contributed by atoms with Gasteiger partial charge in [-0.2, -0.15) is 13.2 Å². The molecule has 2 unspecified atom stereocenters. The molecular weight excluding hydrogens is 233 g/mol. The Bertz CT molecular complexity index is 401. The first kappa shape index (κ1) is 10.8. The number of aromatic nitrogens is 2. The van der Waals surface area contributed by atoms with Gasteiger partial charge >= 0.3 is 6.18 Å². The second-order valence-electron chi connectivity index (χ2n) is 4.47. The zero-order valence-corrected chi connectivity index (χ0v) is 8.91. The molecule has 3 aliphatic rings. The number of anilines is 1. The van der Waals surface area contributed by atoms with E-state index in [-0.39, 0.29) is 0 Å². The standard InChI is InChI=1S/C10H11F3N4/c11-10(12,13)6-2-14-9(15-3-6)17-4-7-1-8(5-17)16-7/h2-3,7-8,16H,1,4-5H2. The van der Waals surface area contributed by atoms with E-state index in [4.69, 9.17) is 0 Å². The lowest BCUT2D eigenvalue weighted by Gasteiger charge is -2.48. The summed E-state index contributed by atoms with van der Waals surface area (Å²) in [5.41, 5.74) is -0.804. The summed E-state index contributed by atoms with van der Waals surface area (Å²) >= 11 is 0. The zero-order chi connectivity index (χ0) is 12.0. The van der Waals surface area contributed by atoms with Crippen LogP contribution in [0.5, 0.6) is 0 Å². The number of alkyl halides is 3. The molecule has 7 heteroatoms. The second-order valence-corrected chi connectivity index (χ2v) is 4.47. The molecule has 3 fully saturated rings. The Hall–Kier alpha value is -1.37. The van der Waals surface area contributed by atoms with Gasteiger partial charge in [-0.05, 0) is 6.42 Å².